The van der Waals surface area contributed by atoms with Crippen molar-refractivity contribution in [1.82, 2.24) is 10.2 Å². The third-order valence-electron chi connectivity index (χ3n) is 6.30. The van der Waals surface area contributed by atoms with Crippen LogP contribution in [0.3, 0.4) is 0 Å². The number of amides is 2. The van der Waals surface area contributed by atoms with E-state index in [2.05, 4.69) is 27.9 Å². The van der Waals surface area contributed by atoms with Gasteiger partial charge in [-0.3, -0.25) is 13.9 Å². The summed E-state index contributed by atoms with van der Waals surface area (Å²) in [7, 11) is -3.79. The van der Waals surface area contributed by atoms with Crippen LogP contribution in [0.4, 0.5) is 5.69 Å². The maximum atomic E-state index is 13.7. The number of benzene rings is 2. The molecule has 36 heavy (non-hydrogen) atoms. The van der Waals surface area contributed by atoms with E-state index in [1.807, 2.05) is 0 Å². The smallest absolute Gasteiger partial charge is 0.244 e. The van der Waals surface area contributed by atoms with Crippen molar-refractivity contribution in [3.63, 3.8) is 0 Å². The summed E-state index contributed by atoms with van der Waals surface area (Å²) < 4.78 is 27.2. The first-order valence-corrected chi connectivity index (χ1v) is 15.4. The molecule has 0 radical (unpaired) electrons. The minimum Gasteiger partial charge on any atom is -0.352 e. The normalized spacial score (nSPS) is 15.2. The maximum Gasteiger partial charge on any atom is 0.244 e. The Kier molecular flexibility index (Phi) is 10.3. The summed E-state index contributed by atoms with van der Waals surface area (Å²) in [4.78, 5) is 28.2. The lowest BCUT2D eigenvalue weighted by Crippen LogP contribution is -2.53. The zero-order chi connectivity index (χ0) is 26.5. The van der Waals surface area contributed by atoms with Crippen molar-refractivity contribution >= 4 is 73.3 Å². The quantitative estimate of drug-likeness (QED) is 0.372. The molecular weight excluding hydrogens is 636 g/mol. The molecule has 11 heteroatoms. The van der Waals surface area contributed by atoms with Crippen molar-refractivity contribution in [2.75, 3.05) is 17.1 Å². The highest BCUT2D eigenvalue weighted by Gasteiger charge is 2.32. The molecule has 196 valence electrons. The Bertz CT molecular complexity index is 1170. The van der Waals surface area contributed by atoms with Gasteiger partial charge in [-0.2, -0.15) is 0 Å². The molecule has 0 heterocycles. The van der Waals surface area contributed by atoms with Crippen molar-refractivity contribution in [3.8, 4) is 0 Å². The topological polar surface area (TPSA) is 86.8 Å². The number of sulfonamides is 1. The fourth-order valence-electron chi connectivity index (χ4n) is 4.23. The number of anilines is 1. The van der Waals surface area contributed by atoms with Gasteiger partial charge in [-0.1, -0.05) is 48.5 Å². The molecule has 0 spiro atoms. The molecule has 1 N–H and O–H groups in total. The Morgan fingerprint density at radius 1 is 1.06 bits per heavy atom. The van der Waals surface area contributed by atoms with Crippen LogP contribution in [0.1, 0.15) is 44.6 Å². The highest BCUT2D eigenvalue weighted by atomic mass is 127. The van der Waals surface area contributed by atoms with Gasteiger partial charge in [-0.05, 0) is 78.8 Å². The molecule has 3 rings (SSSR count). The molecular formula is C25H30Cl2IN3O4S. The SMILES string of the molecule is C[C@@H](C(=O)NC1CCCCC1)N(Cc1c(Cl)cccc1Cl)C(=O)CN(c1ccc(I)cc1)S(C)(=O)=O. The third kappa shape index (κ3) is 7.72. The van der Waals surface area contributed by atoms with Gasteiger partial charge in [0.05, 0.1) is 11.9 Å². The predicted molar refractivity (Wildman–Crippen MR) is 153 cm³/mol. The third-order valence-corrected chi connectivity index (χ3v) is 8.87. The monoisotopic (exact) mass is 665 g/mol. The van der Waals surface area contributed by atoms with Crippen molar-refractivity contribution in [2.45, 2.75) is 57.7 Å². The van der Waals surface area contributed by atoms with Gasteiger partial charge < -0.3 is 10.2 Å². The number of nitrogens with one attached hydrogen (secondary N) is 1. The van der Waals surface area contributed by atoms with E-state index in [4.69, 9.17) is 23.2 Å². The van der Waals surface area contributed by atoms with E-state index in [9.17, 15) is 18.0 Å². The van der Waals surface area contributed by atoms with E-state index in [1.54, 1.807) is 49.4 Å². The fourth-order valence-corrected chi connectivity index (χ4v) is 5.95. The molecule has 0 aliphatic heterocycles. The van der Waals surface area contributed by atoms with E-state index < -0.39 is 28.5 Å². The first-order chi connectivity index (χ1) is 17.0. The summed E-state index contributed by atoms with van der Waals surface area (Å²) >= 11 is 14.9. The number of carbonyl (C=O) groups is 2. The number of hydrogen-bond donors (Lipinski definition) is 1. The summed E-state index contributed by atoms with van der Waals surface area (Å²) in [6.45, 7) is 1.12. The molecule has 0 bridgehead atoms. The second-order valence-corrected chi connectivity index (χ2v) is 13.0. The summed E-state index contributed by atoms with van der Waals surface area (Å²) in [5.74, 6) is -0.833. The minimum atomic E-state index is -3.79. The summed E-state index contributed by atoms with van der Waals surface area (Å²) in [6, 6.07) is 11.0. The number of hydrogen-bond acceptors (Lipinski definition) is 4. The molecule has 0 saturated heterocycles. The summed E-state index contributed by atoms with van der Waals surface area (Å²) in [5, 5.41) is 3.78. The molecule has 1 atom stereocenters. The predicted octanol–water partition coefficient (Wildman–Crippen LogP) is 5.23. The van der Waals surface area contributed by atoms with E-state index >= 15 is 0 Å². The average molecular weight is 666 g/mol. The molecule has 1 aliphatic carbocycles. The van der Waals surface area contributed by atoms with Crippen LogP contribution in [-0.2, 0) is 26.2 Å². The molecule has 2 aromatic rings. The number of rotatable bonds is 9. The molecule has 2 aromatic carbocycles. The van der Waals surface area contributed by atoms with Crippen LogP contribution in [0.5, 0.6) is 0 Å². The first-order valence-electron chi connectivity index (χ1n) is 11.7. The Balaban J connectivity index is 1.91. The summed E-state index contributed by atoms with van der Waals surface area (Å²) in [5.41, 5.74) is 0.855. The van der Waals surface area contributed by atoms with Crippen LogP contribution in [0.2, 0.25) is 10.0 Å². The highest BCUT2D eigenvalue weighted by molar-refractivity contribution is 14.1. The lowest BCUT2D eigenvalue weighted by Gasteiger charge is -2.33. The van der Waals surface area contributed by atoms with Gasteiger partial charge in [-0.15, -0.1) is 0 Å². The maximum absolute atomic E-state index is 13.7. The van der Waals surface area contributed by atoms with Gasteiger partial charge in [0, 0.05) is 31.8 Å². The summed E-state index contributed by atoms with van der Waals surface area (Å²) in [6.07, 6.45) is 6.10. The standard InChI is InChI=1S/C25H30Cl2IN3O4S/c1-17(25(33)29-19-7-4-3-5-8-19)30(15-21-22(26)9-6-10-23(21)27)24(32)16-31(36(2,34)35)20-13-11-18(28)12-14-20/h6,9-14,17,19H,3-5,7-8,15-16H2,1-2H3,(H,29,33)/t17-/m0/s1. The van der Waals surface area contributed by atoms with Crippen LogP contribution in [0.15, 0.2) is 42.5 Å². The van der Waals surface area contributed by atoms with Gasteiger partial charge in [0.2, 0.25) is 21.8 Å². The van der Waals surface area contributed by atoms with Crippen LogP contribution >= 0.6 is 45.8 Å². The fraction of sp³-hybridized carbons (Fsp3) is 0.440. The Morgan fingerprint density at radius 2 is 1.64 bits per heavy atom. The van der Waals surface area contributed by atoms with Crippen molar-refractivity contribution in [1.29, 1.82) is 0 Å². The van der Waals surface area contributed by atoms with Crippen molar-refractivity contribution in [2.24, 2.45) is 0 Å². The molecule has 1 aliphatic rings. The molecule has 1 fully saturated rings. The second kappa shape index (κ2) is 12.8. The number of nitrogens with zero attached hydrogens (tertiary/aromatic N) is 2. The molecule has 2 amide bonds. The zero-order valence-electron chi connectivity index (χ0n) is 20.2. The first kappa shape index (κ1) is 29.0. The van der Waals surface area contributed by atoms with Crippen LogP contribution in [-0.4, -0.2) is 50.0 Å². The van der Waals surface area contributed by atoms with Gasteiger partial charge >= 0.3 is 0 Å². The van der Waals surface area contributed by atoms with Gasteiger partial charge in [-0.25, -0.2) is 8.42 Å². The number of halogens is 3. The highest BCUT2D eigenvalue weighted by Crippen LogP contribution is 2.27. The van der Waals surface area contributed by atoms with E-state index in [0.29, 0.717) is 21.3 Å². The minimum absolute atomic E-state index is 0.0408. The Morgan fingerprint density at radius 3 is 2.19 bits per heavy atom. The second-order valence-electron chi connectivity index (χ2n) is 8.99. The lowest BCUT2D eigenvalue weighted by atomic mass is 9.95. The van der Waals surface area contributed by atoms with Gasteiger partial charge in [0.15, 0.2) is 0 Å². The van der Waals surface area contributed by atoms with Crippen LogP contribution < -0.4 is 9.62 Å². The molecule has 0 aromatic heterocycles. The number of carbonyl (C=O) groups excluding carboxylic acids is 2. The Hall–Kier alpha value is -1.56. The molecule has 7 nitrogen and oxygen atoms in total. The molecule has 1 saturated carbocycles. The zero-order valence-corrected chi connectivity index (χ0v) is 24.7. The Labute approximate surface area is 236 Å². The largest absolute Gasteiger partial charge is 0.352 e. The molecule has 0 unspecified atom stereocenters. The van der Waals surface area contributed by atoms with E-state index in [1.165, 1.54) is 4.90 Å². The van der Waals surface area contributed by atoms with Crippen molar-refractivity contribution < 1.29 is 18.0 Å². The van der Waals surface area contributed by atoms with Gasteiger partial charge in [0.25, 0.3) is 0 Å². The van der Waals surface area contributed by atoms with E-state index in [-0.39, 0.29) is 18.5 Å². The van der Waals surface area contributed by atoms with Crippen LogP contribution in [0, 0.1) is 3.57 Å². The van der Waals surface area contributed by atoms with Crippen molar-refractivity contribution in [3.05, 3.63) is 61.6 Å². The van der Waals surface area contributed by atoms with Crippen LogP contribution in [0.25, 0.3) is 0 Å². The lowest BCUT2D eigenvalue weighted by molar-refractivity contribution is -0.139. The van der Waals surface area contributed by atoms with Gasteiger partial charge in [0.1, 0.15) is 12.6 Å². The van der Waals surface area contributed by atoms with E-state index in [0.717, 1.165) is 46.2 Å². The average Bonchev–Trinajstić information content (AvgIpc) is 2.82.